The van der Waals surface area contributed by atoms with E-state index in [1.165, 1.54) is 0 Å². The van der Waals surface area contributed by atoms with Crippen LogP contribution in [0.5, 0.6) is 17.2 Å². The van der Waals surface area contributed by atoms with Crippen LogP contribution in [0, 0.1) is 0 Å². The molecule has 0 spiro atoms. The van der Waals surface area contributed by atoms with E-state index in [-0.39, 0.29) is 0 Å². The summed E-state index contributed by atoms with van der Waals surface area (Å²) in [6.45, 7) is 4.02. The molecule has 11 nitrogen and oxygen atoms in total. The summed E-state index contributed by atoms with van der Waals surface area (Å²) in [7, 11) is 0. The van der Waals surface area contributed by atoms with Crippen molar-refractivity contribution in [2.45, 2.75) is 0 Å². The van der Waals surface area contributed by atoms with Gasteiger partial charge in [-0.3, -0.25) is 0 Å². The standard InChI is InChI=1S/C24H30N2O9/c27-24(28)18-35-21-4-1-19(2-5-21)25-26-20-3-6-22-23(17-20)34-16-14-32-12-10-30-8-7-29-9-11-31-13-15-33-22/h1-6,17H,7-16,18H2,(H,27,28). The summed E-state index contributed by atoms with van der Waals surface area (Å²) in [5.74, 6) is 0.476. The van der Waals surface area contributed by atoms with E-state index in [1.807, 2.05) is 0 Å². The van der Waals surface area contributed by atoms with Gasteiger partial charge < -0.3 is 38.3 Å². The Kier molecular flexibility index (Phi) is 11.8. The zero-order chi connectivity index (χ0) is 24.6. The Bertz CT molecular complexity index is 922. The van der Waals surface area contributed by atoms with Gasteiger partial charge in [0.1, 0.15) is 19.0 Å². The number of carboxylic acids is 1. The van der Waals surface area contributed by atoms with Gasteiger partial charge in [-0.2, -0.15) is 10.2 Å². The van der Waals surface area contributed by atoms with Crippen LogP contribution in [0.3, 0.4) is 0 Å². The van der Waals surface area contributed by atoms with Gasteiger partial charge in [0.05, 0.1) is 64.2 Å². The Labute approximate surface area is 203 Å². The lowest BCUT2D eigenvalue weighted by Crippen LogP contribution is -2.15. The molecule has 0 amide bonds. The molecule has 0 unspecified atom stereocenters. The summed E-state index contributed by atoms with van der Waals surface area (Å²) in [4.78, 5) is 10.6. The second kappa shape index (κ2) is 15.6. The molecule has 0 fully saturated rings. The van der Waals surface area contributed by atoms with Crippen molar-refractivity contribution in [3.8, 4) is 17.2 Å². The maximum Gasteiger partial charge on any atom is 0.341 e. The molecule has 1 aliphatic heterocycles. The van der Waals surface area contributed by atoms with E-state index in [0.717, 1.165) is 0 Å². The normalized spacial score (nSPS) is 16.8. The minimum Gasteiger partial charge on any atom is -0.487 e. The monoisotopic (exact) mass is 490 g/mol. The fourth-order valence-electron chi connectivity index (χ4n) is 2.84. The highest BCUT2D eigenvalue weighted by molar-refractivity contribution is 5.68. The molecule has 0 saturated carbocycles. The van der Waals surface area contributed by atoms with Crippen molar-refractivity contribution in [3.05, 3.63) is 42.5 Å². The molecule has 0 bridgehead atoms. The zero-order valence-electron chi connectivity index (χ0n) is 19.4. The van der Waals surface area contributed by atoms with Crippen LogP contribution in [0.25, 0.3) is 0 Å². The topological polar surface area (TPSA) is 127 Å². The van der Waals surface area contributed by atoms with Crippen LogP contribution < -0.4 is 14.2 Å². The first-order chi connectivity index (χ1) is 17.2. The van der Waals surface area contributed by atoms with Crippen molar-refractivity contribution in [1.29, 1.82) is 0 Å². The smallest absolute Gasteiger partial charge is 0.341 e. The molecule has 0 radical (unpaired) electrons. The lowest BCUT2D eigenvalue weighted by atomic mass is 10.3. The van der Waals surface area contributed by atoms with Crippen LogP contribution in [0.4, 0.5) is 11.4 Å². The highest BCUT2D eigenvalue weighted by atomic mass is 16.6. The quantitative estimate of drug-likeness (QED) is 0.627. The van der Waals surface area contributed by atoms with Gasteiger partial charge in [0.15, 0.2) is 18.1 Å². The van der Waals surface area contributed by atoms with Gasteiger partial charge in [0.25, 0.3) is 0 Å². The predicted octanol–water partition coefficient (Wildman–Crippen LogP) is 3.40. The van der Waals surface area contributed by atoms with E-state index < -0.39 is 12.6 Å². The molecule has 1 heterocycles. The molecule has 0 aliphatic carbocycles. The highest BCUT2D eigenvalue weighted by Crippen LogP contribution is 2.32. The van der Waals surface area contributed by atoms with E-state index in [1.54, 1.807) is 42.5 Å². The summed E-state index contributed by atoms with van der Waals surface area (Å²) in [6.07, 6.45) is 0. The van der Waals surface area contributed by atoms with E-state index in [9.17, 15) is 4.79 Å². The van der Waals surface area contributed by atoms with Gasteiger partial charge >= 0.3 is 5.97 Å². The van der Waals surface area contributed by atoms with Crippen molar-refractivity contribution in [1.82, 2.24) is 0 Å². The molecular formula is C24H30N2O9. The minimum atomic E-state index is -1.04. The Hall–Kier alpha value is -3.25. The second-order valence-electron chi connectivity index (χ2n) is 7.15. The third kappa shape index (κ3) is 10.7. The van der Waals surface area contributed by atoms with Crippen molar-refractivity contribution in [2.24, 2.45) is 10.2 Å². The van der Waals surface area contributed by atoms with E-state index in [2.05, 4.69) is 10.2 Å². The molecule has 3 rings (SSSR count). The van der Waals surface area contributed by atoms with Crippen LogP contribution in [0.2, 0.25) is 0 Å². The number of fused-ring (bicyclic) bond motifs is 1. The van der Waals surface area contributed by atoms with Crippen LogP contribution >= 0.6 is 0 Å². The number of hydrogen-bond donors (Lipinski definition) is 1. The largest absolute Gasteiger partial charge is 0.487 e. The van der Waals surface area contributed by atoms with Gasteiger partial charge in [0, 0.05) is 6.07 Å². The van der Waals surface area contributed by atoms with Crippen molar-refractivity contribution in [3.63, 3.8) is 0 Å². The molecule has 2 aromatic rings. The number of ether oxygens (including phenoxy) is 7. The average molecular weight is 491 g/mol. The van der Waals surface area contributed by atoms with E-state index >= 15 is 0 Å². The molecule has 11 heteroatoms. The number of azo groups is 1. The Morgan fingerprint density at radius 1 is 0.686 bits per heavy atom. The molecule has 35 heavy (non-hydrogen) atoms. The fourth-order valence-corrected chi connectivity index (χ4v) is 2.84. The fraction of sp³-hybridized carbons (Fsp3) is 0.458. The molecular weight excluding hydrogens is 460 g/mol. The maximum atomic E-state index is 10.6. The highest BCUT2D eigenvalue weighted by Gasteiger charge is 2.08. The van der Waals surface area contributed by atoms with Crippen molar-refractivity contribution >= 4 is 17.3 Å². The summed E-state index contributed by atoms with van der Waals surface area (Å²) >= 11 is 0. The first kappa shape index (κ1) is 26.4. The molecule has 0 aromatic heterocycles. The van der Waals surface area contributed by atoms with Gasteiger partial charge in [-0.1, -0.05) is 0 Å². The second-order valence-corrected chi connectivity index (χ2v) is 7.15. The Morgan fingerprint density at radius 2 is 1.17 bits per heavy atom. The third-order valence-electron chi connectivity index (χ3n) is 4.49. The van der Waals surface area contributed by atoms with Gasteiger partial charge in [-0.05, 0) is 36.4 Å². The Balaban J connectivity index is 1.60. The average Bonchev–Trinajstić information content (AvgIpc) is 2.87. The van der Waals surface area contributed by atoms with Crippen LogP contribution in [-0.2, 0) is 23.7 Å². The van der Waals surface area contributed by atoms with Gasteiger partial charge in [-0.25, -0.2) is 4.79 Å². The predicted molar refractivity (Wildman–Crippen MR) is 124 cm³/mol. The molecule has 1 N–H and O–H groups in total. The zero-order valence-corrected chi connectivity index (χ0v) is 19.4. The Morgan fingerprint density at radius 3 is 1.74 bits per heavy atom. The molecule has 0 atom stereocenters. The summed E-state index contributed by atoms with van der Waals surface area (Å²) in [5.41, 5.74) is 1.16. The third-order valence-corrected chi connectivity index (χ3v) is 4.49. The molecule has 1 aliphatic rings. The number of rotatable bonds is 5. The SMILES string of the molecule is O=C(O)COc1ccc(N=Nc2ccc3c(c2)OCCOCCOCCOCCOCCO3)cc1. The summed E-state index contributed by atoms with van der Waals surface area (Å²) < 4.78 is 38.7. The van der Waals surface area contributed by atoms with E-state index in [4.69, 9.17) is 38.3 Å². The minimum absolute atomic E-state index is 0.328. The van der Waals surface area contributed by atoms with Crippen molar-refractivity contribution < 1.29 is 43.1 Å². The first-order valence-electron chi connectivity index (χ1n) is 11.3. The van der Waals surface area contributed by atoms with Crippen LogP contribution in [0.1, 0.15) is 0 Å². The summed E-state index contributed by atoms with van der Waals surface area (Å²) in [5, 5.41) is 17.1. The molecule has 190 valence electrons. The lowest BCUT2D eigenvalue weighted by Gasteiger charge is -2.14. The first-order valence-corrected chi connectivity index (χ1v) is 11.3. The van der Waals surface area contributed by atoms with E-state index in [0.29, 0.717) is 94.7 Å². The summed E-state index contributed by atoms with van der Waals surface area (Å²) in [6, 6.07) is 11.9. The lowest BCUT2D eigenvalue weighted by molar-refractivity contribution is -0.139. The number of hydrogen-bond acceptors (Lipinski definition) is 10. The van der Waals surface area contributed by atoms with Crippen molar-refractivity contribution in [2.75, 3.05) is 72.7 Å². The van der Waals surface area contributed by atoms with Crippen LogP contribution in [0.15, 0.2) is 52.7 Å². The van der Waals surface area contributed by atoms with Gasteiger partial charge in [-0.15, -0.1) is 0 Å². The number of aliphatic carboxylic acids is 1. The van der Waals surface area contributed by atoms with Gasteiger partial charge in [0.2, 0.25) is 0 Å². The molecule has 0 saturated heterocycles. The number of benzene rings is 2. The van der Waals surface area contributed by atoms with Crippen LogP contribution in [-0.4, -0.2) is 83.8 Å². The number of carboxylic acid groups (broad SMARTS) is 1. The number of nitrogens with zero attached hydrogens (tertiary/aromatic N) is 2. The number of carbonyl (C=O) groups is 1. The molecule has 2 aromatic carbocycles. The maximum absolute atomic E-state index is 10.6.